The third kappa shape index (κ3) is 2.88. The van der Waals surface area contributed by atoms with Gasteiger partial charge in [0.05, 0.1) is 12.8 Å². The quantitative estimate of drug-likeness (QED) is 0.391. The molecular weight excluding hydrogens is 208 g/mol. The van der Waals surface area contributed by atoms with Gasteiger partial charge in [-0.2, -0.15) is 5.10 Å². The van der Waals surface area contributed by atoms with Gasteiger partial charge in [0.15, 0.2) is 0 Å². The highest BCUT2D eigenvalue weighted by Crippen LogP contribution is 2.23. The number of aromatic hydroxyl groups is 1. The van der Waals surface area contributed by atoms with Gasteiger partial charge in [0, 0.05) is 5.56 Å². The van der Waals surface area contributed by atoms with E-state index in [0.29, 0.717) is 17.0 Å². The van der Waals surface area contributed by atoms with Gasteiger partial charge in [0.1, 0.15) is 11.5 Å². The Kier molecular flexibility index (Phi) is 3.71. The molecule has 0 bridgehead atoms. The van der Waals surface area contributed by atoms with E-state index in [2.05, 4.69) is 10.2 Å². The molecule has 0 saturated carbocycles. The molecule has 0 radical (unpaired) electrons. The van der Waals surface area contributed by atoms with Crippen LogP contribution in [0.15, 0.2) is 28.4 Å². The van der Waals surface area contributed by atoms with E-state index in [4.69, 9.17) is 16.2 Å². The summed E-state index contributed by atoms with van der Waals surface area (Å²) in [6.45, 7) is 1.68. The van der Waals surface area contributed by atoms with Gasteiger partial charge in [-0.25, -0.2) is 0 Å². The number of hydrogen-bond acceptors (Lipinski definition) is 4. The first kappa shape index (κ1) is 11.8. The average molecular weight is 222 g/mol. The van der Waals surface area contributed by atoms with E-state index >= 15 is 0 Å². The van der Waals surface area contributed by atoms with Gasteiger partial charge in [-0.3, -0.25) is 0 Å². The predicted molar refractivity (Wildman–Crippen MR) is 62.7 cm³/mol. The summed E-state index contributed by atoms with van der Waals surface area (Å²) in [7, 11) is 1.54. The molecule has 6 heteroatoms. The second-order valence-electron chi connectivity index (χ2n) is 3.09. The summed E-state index contributed by atoms with van der Waals surface area (Å²) < 4.78 is 5.03. The summed E-state index contributed by atoms with van der Waals surface area (Å²) >= 11 is 0. The lowest BCUT2D eigenvalue weighted by Gasteiger charge is -2.05. The number of rotatable bonds is 3. The summed E-state index contributed by atoms with van der Waals surface area (Å²) in [6, 6.07) is 4.81. The van der Waals surface area contributed by atoms with Crippen molar-refractivity contribution >= 4 is 11.7 Å². The van der Waals surface area contributed by atoms with Crippen LogP contribution in [-0.2, 0) is 0 Å². The number of phenolic OH excluding ortho intramolecular Hbond substituents is 1. The van der Waals surface area contributed by atoms with E-state index in [1.165, 1.54) is 6.07 Å². The second kappa shape index (κ2) is 5.01. The van der Waals surface area contributed by atoms with Crippen LogP contribution in [0.25, 0.3) is 0 Å². The van der Waals surface area contributed by atoms with Crippen molar-refractivity contribution in [3.8, 4) is 11.5 Å². The van der Waals surface area contributed by atoms with Gasteiger partial charge >= 0.3 is 0 Å². The zero-order chi connectivity index (χ0) is 12.1. The largest absolute Gasteiger partial charge is 0.507 e. The molecule has 1 rings (SSSR count). The Morgan fingerprint density at radius 2 is 2.00 bits per heavy atom. The van der Waals surface area contributed by atoms with Crippen LogP contribution in [-0.4, -0.2) is 23.9 Å². The molecule has 86 valence electrons. The fraction of sp³-hybridized carbons (Fsp3) is 0.200. The zero-order valence-corrected chi connectivity index (χ0v) is 9.14. The van der Waals surface area contributed by atoms with Crippen LogP contribution in [0.3, 0.4) is 0 Å². The third-order valence-electron chi connectivity index (χ3n) is 1.91. The van der Waals surface area contributed by atoms with Crippen LogP contribution >= 0.6 is 0 Å². The molecule has 1 aromatic carbocycles. The maximum absolute atomic E-state index is 9.62. The number of ether oxygens (including phenoxy) is 1. The van der Waals surface area contributed by atoms with Crippen molar-refractivity contribution < 1.29 is 9.84 Å². The summed E-state index contributed by atoms with van der Waals surface area (Å²) in [5, 5.41) is 16.9. The first-order chi connectivity index (χ1) is 7.54. The first-order valence-electron chi connectivity index (χ1n) is 4.55. The monoisotopic (exact) mass is 222 g/mol. The lowest BCUT2D eigenvalue weighted by molar-refractivity contribution is 0.412. The fourth-order valence-corrected chi connectivity index (χ4v) is 1.12. The van der Waals surface area contributed by atoms with E-state index in [9.17, 15) is 5.11 Å². The SMILES string of the molecule is COc1ccc(O)c(/C(C)=N/N=C(N)N)c1. The summed E-state index contributed by atoms with van der Waals surface area (Å²) in [5.41, 5.74) is 11.3. The van der Waals surface area contributed by atoms with E-state index in [-0.39, 0.29) is 11.7 Å². The highest BCUT2D eigenvalue weighted by Gasteiger charge is 2.06. The number of hydrogen-bond donors (Lipinski definition) is 3. The predicted octanol–water partition coefficient (Wildman–Crippen LogP) is 0.398. The smallest absolute Gasteiger partial charge is 0.211 e. The van der Waals surface area contributed by atoms with Crippen LogP contribution in [0.4, 0.5) is 0 Å². The molecule has 0 heterocycles. The fourth-order valence-electron chi connectivity index (χ4n) is 1.12. The number of benzene rings is 1. The number of methoxy groups -OCH3 is 1. The normalized spacial score (nSPS) is 11.0. The minimum atomic E-state index is -0.137. The molecule has 0 spiro atoms. The first-order valence-corrected chi connectivity index (χ1v) is 4.55. The molecule has 5 N–H and O–H groups in total. The second-order valence-corrected chi connectivity index (χ2v) is 3.09. The van der Waals surface area contributed by atoms with Crippen molar-refractivity contribution in [1.82, 2.24) is 0 Å². The highest BCUT2D eigenvalue weighted by atomic mass is 16.5. The topological polar surface area (TPSA) is 106 Å². The standard InChI is InChI=1S/C10H14N4O2/c1-6(13-14-10(11)12)8-5-7(16-2)3-4-9(8)15/h3-5,15H,1-2H3,(H4,11,12,14)/b13-6+. The highest BCUT2D eigenvalue weighted by molar-refractivity contribution is 6.01. The number of nitrogens with two attached hydrogens (primary N) is 2. The Labute approximate surface area is 93.2 Å². The molecule has 0 aliphatic carbocycles. The van der Waals surface area contributed by atoms with E-state index in [1.807, 2.05) is 0 Å². The van der Waals surface area contributed by atoms with Crippen molar-refractivity contribution in [3.63, 3.8) is 0 Å². The van der Waals surface area contributed by atoms with Crippen molar-refractivity contribution in [1.29, 1.82) is 0 Å². The maximum atomic E-state index is 9.62. The Balaban J connectivity index is 3.11. The van der Waals surface area contributed by atoms with Crippen molar-refractivity contribution in [3.05, 3.63) is 23.8 Å². The molecule has 0 aromatic heterocycles. The van der Waals surface area contributed by atoms with E-state index in [0.717, 1.165) is 0 Å². The van der Waals surface area contributed by atoms with Crippen LogP contribution in [0, 0.1) is 0 Å². The molecule has 0 atom stereocenters. The molecule has 0 amide bonds. The van der Waals surface area contributed by atoms with Crippen molar-refractivity contribution in [2.45, 2.75) is 6.92 Å². The van der Waals surface area contributed by atoms with E-state index in [1.54, 1.807) is 26.2 Å². The Bertz CT molecular complexity index is 436. The molecule has 0 fully saturated rings. The number of guanidine groups is 1. The average Bonchev–Trinajstić information content (AvgIpc) is 2.26. The summed E-state index contributed by atoms with van der Waals surface area (Å²) in [6.07, 6.45) is 0. The summed E-state index contributed by atoms with van der Waals surface area (Å²) in [5.74, 6) is 0.571. The van der Waals surface area contributed by atoms with E-state index < -0.39 is 0 Å². The molecule has 6 nitrogen and oxygen atoms in total. The molecular formula is C10H14N4O2. The third-order valence-corrected chi connectivity index (χ3v) is 1.91. The molecule has 0 aliphatic heterocycles. The maximum Gasteiger partial charge on any atom is 0.211 e. The molecule has 0 aliphatic rings. The Hall–Kier alpha value is -2.24. The van der Waals surface area contributed by atoms with Crippen molar-refractivity contribution in [2.75, 3.05) is 7.11 Å². The molecule has 0 saturated heterocycles. The minimum absolute atomic E-state index is 0.0906. The van der Waals surface area contributed by atoms with Gasteiger partial charge in [-0.1, -0.05) is 0 Å². The van der Waals surface area contributed by atoms with Gasteiger partial charge in [0.25, 0.3) is 0 Å². The van der Waals surface area contributed by atoms with Crippen LogP contribution in [0.2, 0.25) is 0 Å². The van der Waals surface area contributed by atoms with Crippen LogP contribution < -0.4 is 16.2 Å². The molecule has 16 heavy (non-hydrogen) atoms. The van der Waals surface area contributed by atoms with Gasteiger partial charge in [-0.15, -0.1) is 5.10 Å². The lowest BCUT2D eigenvalue weighted by Crippen LogP contribution is -2.22. The molecule has 0 unspecified atom stereocenters. The number of phenols is 1. The Morgan fingerprint density at radius 3 is 2.56 bits per heavy atom. The van der Waals surface area contributed by atoms with Crippen LogP contribution in [0.1, 0.15) is 12.5 Å². The zero-order valence-electron chi connectivity index (χ0n) is 9.14. The van der Waals surface area contributed by atoms with Gasteiger partial charge in [0.2, 0.25) is 5.96 Å². The minimum Gasteiger partial charge on any atom is -0.507 e. The Morgan fingerprint density at radius 1 is 1.31 bits per heavy atom. The van der Waals surface area contributed by atoms with Gasteiger partial charge in [-0.05, 0) is 25.1 Å². The summed E-state index contributed by atoms with van der Waals surface area (Å²) in [4.78, 5) is 0. The number of nitrogens with zero attached hydrogens (tertiary/aromatic N) is 2. The molecule has 1 aromatic rings. The van der Waals surface area contributed by atoms with Gasteiger partial charge < -0.3 is 21.3 Å². The van der Waals surface area contributed by atoms with Crippen LogP contribution in [0.5, 0.6) is 11.5 Å². The lowest BCUT2D eigenvalue weighted by atomic mass is 10.1. The van der Waals surface area contributed by atoms with Crippen molar-refractivity contribution in [2.24, 2.45) is 21.7 Å².